The van der Waals surface area contributed by atoms with Crippen LogP contribution in [0.25, 0.3) is 0 Å². The summed E-state index contributed by atoms with van der Waals surface area (Å²) in [5.74, 6) is -1.90. The molecule has 4 saturated heterocycles. The summed E-state index contributed by atoms with van der Waals surface area (Å²) in [5, 5.41) is 19.5. The minimum atomic E-state index is -1.02. The van der Waals surface area contributed by atoms with E-state index in [1.807, 2.05) is 28.0 Å². The van der Waals surface area contributed by atoms with E-state index in [4.69, 9.17) is 4.98 Å². The third kappa shape index (κ3) is 9.01. The number of piperidine rings is 3. The number of aromatic nitrogens is 3. The highest BCUT2D eigenvalue weighted by Crippen LogP contribution is 2.41. The fraction of sp³-hybridized carbons (Fsp3) is 0.500. The lowest BCUT2D eigenvalue weighted by Crippen LogP contribution is -2.60. The number of aliphatic hydroxyl groups is 1. The quantitative estimate of drug-likeness (QED) is 0.123. The molecule has 1 aliphatic carbocycles. The number of aliphatic hydroxyl groups excluding tert-OH is 1. The van der Waals surface area contributed by atoms with Crippen molar-refractivity contribution in [2.24, 2.45) is 12.5 Å². The monoisotopic (exact) mass is 1040 g/mol. The van der Waals surface area contributed by atoms with Gasteiger partial charge in [-0.1, -0.05) is 20.4 Å². The molecule has 11 rings (SSSR count). The molecule has 4 N–H and O–H groups in total. The van der Waals surface area contributed by atoms with Gasteiger partial charge in [0.15, 0.2) is 5.82 Å². The van der Waals surface area contributed by atoms with Crippen LogP contribution in [0.2, 0.25) is 0 Å². The molecule has 400 valence electrons. The summed E-state index contributed by atoms with van der Waals surface area (Å²) in [6, 6.07) is 11.8. The van der Waals surface area contributed by atoms with E-state index >= 15 is 0 Å². The first-order valence-corrected chi connectivity index (χ1v) is 26.9. The molecule has 2 aromatic heterocycles. The number of anilines is 6. The lowest BCUT2D eigenvalue weighted by atomic mass is 9.90. The van der Waals surface area contributed by atoms with Crippen molar-refractivity contribution in [1.29, 1.82) is 0 Å². The maximum absolute atomic E-state index is 14.2. The van der Waals surface area contributed by atoms with Gasteiger partial charge in [0.05, 0.1) is 41.2 Å². The highest BCUT2D eigenvalue weighted by molar-refractivity contribution is 6.23. The highest BCUT2D eigenvalue weighted by atomic mass is 16.3. The molecule has 6 amide bonds. The third-order valence-electron chi connectivity index (χ3n) is 17.1. The first-order valence-electron chi connectivity index (χ1n) is 26.9. The van der Waals surface area contributed by atoms with Crippen LogP contribution in [0.4, 0.5) is 34.4 Å². The summed E-state index contributed by atoms with van der Waals surface area (Å²) in [7, 11) is 1.67. The van der Waals surface area contributed by atoms with Crippen LogP contribution < -0.4 is 36.2 Å². The molecule has 20 nitrogen and oxygen atoms in total. The molecule has 4 fully saturated rings. The smallest absolute Gasteiger partial charge is 0.293 e. The van der Waals surface area contributed by atoms with E-state index in [1.165, 1.54) is 21.9 Å². The van der Waals surface area contributed by atoms with E-state index in [0.717, 1.165) is 80.1 Å². The molecular formula is C56H68N12O8. The Morgan fingerprint density at radius 1 is 0.855 bits per heavy atom. The van der Waals surface area contributed by atoms with Crippen LogP contribution >= 0.6 is 0 Å². The van der Waals surface area contributed by atoms with Gasteiger partial charge in [0.25, 0.3) is 23.3 Å². The van der Waals surface area contributed by atoms with E-state index in [1.54, 1.807) is 31.4 Å². The average molecular weight is 1040 g/mol. The number of carbonyl (C=O) groups excluding carboxylic acids is 6. The first-order chi connectivity index (χ1) is 36.4. The number of benzene rings is 2. The van der Waals surface area contributed by atoms with E-state index < -0.39 is 35.7 Å². The molecule has 76 heavy (non-hydrogen) atoms. The third-order valence-corrected chi connectivity index (χ3v) is 17.1. The van der Waals surface area contributed by atoms with Crippen molar-refractivity contribution in [3.8, 4) is 0 Å². The second-order valence-corrected chi connectivity index (χ2v) is 22.7. The van der Waals surface area contributed by atoms with E-state index in [0.29, 0.717) is 49.4 Å². The average Bonchev–Trinajstić information content (AvgIpc) is 4.04. The Balaban J connectivity index is 0.755. The molecule has 4 aromatic rings. The Bertz CT molecular complexity index is 3150. The Morgan fingerprint density at radius 3 is 2.39 bits per heavy atom. The van der Waals surface area contributed by atoms with Crippen molar-refractivity contribution in [3.63, 3.8) is 0 Å². The number of carbonyl (C=O) groups is 6. The first kappa shape index (κ1) is 50.8. The van der Waals surface area contributed by atoms with Gasteiger partial charge in [0.2, 0.25) is 17.7 Å². The number of piperazine rings is 1. The van der Waals surface area contributed by atoms with E-state index in [2.05, 4.69) is 75.6 Å². The number of nitrogens with zero attached hydrogens (tertiary/aromatic N) is 9. The number of amides is 6. The zero-order chi connectivity index (χ0) is 53.5. The van der Waals surface area contributed by atoms with Gasteiger partial charge in [-0.3, -0.25) is 48.7 Å². The van der Waals surface area contributed by atoms with Gasteiger partial charge in [0, 0.05) is 101 Å². The van der Waals surface area contributed by atoms with Gasteiger partial charge in [-0.2, -0.15) is 0 Å². The fourth-order valence-corrected chi connectivity index (χ4v) is 13.4. The predicted octanol–water partition coefficient (Wildman–Crippen LogP) is 4.03. The molecule has 0 spiro atoms. The second kappa shape index (κ2) is 19.7. The van der Waals surface area contributed by atoms with Crippen molar-refractivity contribution in [2.75, 3.05) is 71.2 Å². The summed E-state index contributed by atoms with van der Waals surface area (Å²) in [4.78, 5) is 109. The van der Waals surface area contributed by atoms with Crippen LogP contribution in [0.1, 0.15) is 109 Å². The molecule has 0 saturated carbocycles. The van der Waals surface area contributed by atoms with Crippen molar-refractivity contribution in [2.45, 2.75) is 122 Å². The highest BCUT2D eigenvalue weighted by Gasteiger charge is 2.46. The van der Waals surface area contributed by atoms with Crippen LogP contribution in [0, 0.1) is 5.41 Å². The van der Waals surface area contributed by atoms with Gasteiger partial charge in [-0.15, -0.1) is 0 Å². The molecular weight excluding hydrogens is 969 g/mol. The topological polar surface area (TPSA) is 218 Å². The SMILES string of the molecule is C=CC(=O)Nc1cc(Nc2nc(N3CCCC(N4CCn5c(cc6c5CC(C)(C)C6)C4=O)C3CO)cn(C)c2=O)ccc1N1CCN(C2CCN(c3ccc4c(c3)C(=O)N(C3CCC(=O)NC3=O)C4=O)[C@H](C)C2)C[C@@H]1C. The zero-order valence-corrected chi connectivity index (χ0v) is 44.0. The number of nitrogens with one attached hydrogen (secondary N) is 3. The van der Waals surface area contributed by atoms with Gasteiger partial charge in [-0.25, -0.2) is 4.98 Å². The maximum Gasteiger partial charge on any atom is 0.293 e. The molecule has 8 heterocycles. The lowest BCUT2D eigenvalue weighted by Gasteiger charge is -2.48. The molecule has 0 radical (unpaired) electrons. The van der Waals surface area contributed by atoms with Crippen LogP contribution in [0.3, 0.4) is 0 Å². The maximum atomic E-state index is 14.2. The lowest BCUT2D eigenvalue weighted by molar-refractivity contribution is -0.136. The molecule has 0 bridgehead atoms. The predicted molar refractivity (Wildman–Crippen MR) is 287 cm³/mol. The Labute approximate surface area is 441 Å². The molecule has 4 unspecified atom stereocenters. The van der Waals surface area contributed by atoms with Crippen LogP contribution in [0.5, 0.6) is 0 Å². The summed E-state index contributed by atoms with van der Waals surface area (Å²) < 4.78 is 3.68. The van der Waals surface area contributed by atoms with E-state index in [9.17, 15) is 38.7 Å². The summed E-state index contributed by atoms with van der Waals surface area (Å²) >= 11 is 0. The van der Waals surface area contributed by atoms with Crippen molar-refractivity contribution < 1.29 is 33.9 Å². The van der Waals surface area contributed by atoms with Crippen molar-refractivity contribution in [1.82, 2.24) is 34.1 Å². The molecule has 6 aliphatic heterocycles. The Morgan fingerprint density at radius 2 is 1.64 bits per heavy atom. The molecule has 6 atom stereocenters. The number of hydrogen-bond acceptors (Lipinski definition) is 14. The molecule has 7 aliphatic rings. The number of hydrogen-bond donors (Lipinski definition) is 4. The van der Waals surface area contributed by atoms with Gasteiger partial charge >= 0.3 is 0 Å². The standard InChI is InChI=1S/C56H68N12O8/c1-7-48(70)58-40-25-35(57-50-55(76)61(6)30-47(59-50)66-17-8-9-42(46(66)31-69)67-22-21-65-44(54(67)75)24-34-27-56(4,5)28-45(34)65)10-13-41(40)64-20-19-62(29-33(64)3)36-16-18-63(32(2)23-36)37-11-12-38-39(26-37)53(74)68(52(38)73)43-14-15-49(71)60-51(43)72/h7,10-13,24-26,30,32-33,36,42-43,46,69H,1,8-9,14-23,27-29,31H2,2-6H3,(H,57,59)(H,58,70)(H,60,71,72)/t32-,33+,36?,42?,43?,46?/m1/s1. The van der Waals surface area contributed by atoms with Crippen LogP contribution in [-0.2, 0) is 40.8 Å². The van der Waals surface area contributed by atoms with Gasteiger partial charge in [0.1, 0.15) is 17.6 Å². The zero-order valence-electron chi connectivity index (χ0n) is 44.0. The van der Waals surface area contributed by atoms with Gasteiger partial charge < -0.3 is 44.5 Å². The molecule has 2 aromatic carbocycles. The largest absolute Gasteiger partial charge is 0.394 e. The normalized spacial score (nSPS) is 25.6. The van der Waals surface area contributed by atoms with Crippen LogP contribution in [0.15, 0.2) is 66.1 Å². The number of imide groups is 2. The summed E-state index contributed by atoms with van der Waals surface area (Å²) in [6.45, 7) is 17.2. The fourth-order valence-electron chi connectivity index (χ4n) is 13.4. The summed E-state index contributed by atoms with van der Waals surface area (Å²) in [6.07, 6.45) is 8.23. The van der Waals surface area contributed by atoms with E-state index in [-0.39, 0.29) is 77.3 Å². The minimum absolute atomic E-state index is 0.00989. The Kier molecular flexibility index (Phi) is 13.2. The number of aryl methyl sites for hydroxylation is 1. The second-order valence-electron chi connectivity index (χ2n) is 22.7. The van der Waals surface area contributed by atoms with Gasteiger partial charge in [-0.05, 0) is 118 Å². The van der Waals surface area contributed by atoms with Crippen LogP contribution in [-0.4, -0.2) is 151 Å². The molecule has 20 heteroatoms. The Hall–Kier alpha value is -7.32. The number of rotatable bonds is 11. The minimum Gasteiger partial charge on any atom is -0.394 e. The van der Waals surface area contributed by atoms with Crippen molar-refractivity contribution >= 4 is 69.8 Å². The van der Waals surface area contributed by atoms with Crippen molar-refractivity contribution in [3.05, 3.63) is 99.7 Å². The number of fused-ring (bicyclic) bond motifs is 4. The summed E-state index contributed by atoms with van der Waals surface area (Å²) in [5.41, 5.74) is 6.35.